The molecule has 1 aromatic heterocycles. The van der Waals surface area contributed by atoms with Crippen molar-refractivity contribution in [2.75, 3.05) is 7.11 Å². The van der Waals surface area contributed by atoms with Gasteiger partial charge in [0.1, 0.15) is 0 Å². The van der Waals surface area contributed by atoms with Gasteiger partial charge in [-0.1, -0.05) is 91.0 Å². The zero-order chi connectivity index (χ0) is 20.6. The number of ether oxygens (including phenoxy) is 1. The molecule has 0 saturated carbocycles. The van der Waals surface area contributed by atoms with E-state index in [-0.39, 0.29) is 0 Å². The second-order valence-electron chi connectivity index (χ2n) is 6.91. The molecule has 0 fully saturated rings. The number of hydrogen-bond acceptors (Lipinski definition) is 3. The van der Waals surface area contributed by atoms with Crippen LogP contribution in [0.1, 0.15) is 11.3 Å². The van der Waals surface area contributed by atoms with Crippen molar-refractivity contribution in [3.8, 4) is 5.88 Å². The fourth-order valence-corrected chi connectivity index (χ4v) is 5.93. The first-order valence-corrected chi connectivity index (χ1v) is 11.4. The standard InChI is InChI=1S/C26H25N2OP/c1-29-26-18-10-12-22(28-26)20-27-19-21-11-8-9-17-25(21)30(23-13-4-2-5-14-23)24-15-6-3-7-16-24/h2-18,27H,19-20H2,1H3. The molecule has 4 rings (SSSR count). The molecule has 1 heterocycles. The highest BCUT2D eigenvalue weighted by atomic mass is 31.1. The maximum absolute atomic E-state index is 5.23. The van der Waals surface area contributed by atoms with Crippen molar-refractivity contribution in [2.24, 2.45) is 0 Å². The maximum atomic E-state index is 5.23. The molecule has 0 amide bonds. The Morgan fingerprint density at radius 1 is 0.700 bits per heavy atom. The fraction of sp³-hybridized carbons (Fsp3) is 0.115. The van der Waals surface area contributed by atoms with Gasteiger partial charge in [-0.05, 0) is 35.5 Å². The van der Waals surface area contributed by atoms with Crippen molar-refractivity contribution < 1.29 is 4.74 Å². The molecule has 4 heteroatoms. The smallest absolute Gasteiger partial charge is 0.213 e. The van der Waals surface area contributed by atoms with Gasteiger partial charge in [0, 0.05) is 19.2 Å². The summed E-state index contributed by atoms with van der Waals surface area (Å²) in [6.45, 7) is 1.48. The Bertz CT molecular complexity index is 1030. The maximum Gasteiger partial charge on any atom is 0.213 e. The van der Waals surface area contributed by atoms with Crippen LogP contribution >= 0.6 is 7.92 Å². The van der Waals surface area contributed by atoms with Crippen molar-refractivity contribution in [1.29, 1.82) is 0 Å². The van der Waals surface area contributed by atoms with E-state index in [2.05, 4.69) is 95.2 Å². The largest absolute Gasteiger partial charge is 0.481 e. The zero-order valence-electron chi connectivity index (χ0n) is 17.0. The minimum atomic E-state index is -0.621. The van der Waals surface area contributed by atoms with E-state index in [1.807, 2.05) is 18.2 Å². The van der Waals surface area contributed by atoms with Crippen molar-refractivity contribution in [2.45, 2.75) is 13.1 Å². The van der Waals surface area contributed by atoms with E-state index in [0.29, 0.717) is 12.4 Å². The second kappa shape index (κ2) is 10.2. The van der Waals surface area contributed by atoms with Crippen LogP contribution in [0.15, 0.2) is 103 Å². The Kier molecular flexibility index (Phi) is 6.87. The lowest BCUT2D eigenvalue weighted by molar-refractivity contribution is 0.395. The molecule has 150 valence electrons. The third-order valence-electron chi connectivity index (χ3n) is 4.87. The van der Waals surface area contributed by atoms with Gasteiger partial charge in [-0.2, -0.15) is 0 Å². The van der Waals surface area contributed by atoms with Crippen molar-refractivity contribution >= 4 is 23.8 Å². The van der Waals surface area contributed by atoms with Crippen LogP contribution in [0.2, 0.25) is 0 Å². The van der Waals surface area contributed by atoms with Crippen LogP contribution in [0.4, 0.5) is 0 Å². The Morgan fingerprint density at radius 3 is 2.00 bits per heavy atom. The summed E-state index contributed by atoms with van der Waals surface area (Å²) in [6, 6.07) is 36.2. The summed E-state index contributed by atoms with van der Waals surface area (Å²) in [5.41, 5.74) is 2.29. The van der Waals surface area contributed by atoms with E-state index in [4.69, 9.17) is 4.74 Å². The minimum Gasteiger partial charge on any atom is -0.481 e. The summed E-state index contributed by atoms with van der Waals surface area (Å²) in [5.74, 6) is 0.645. The molecular formula is C26H25N2OP. The summed E-state index contributed by atoms with van der Waals surface area (Å²) >= 11 is 0. The molecule has 4 aromatic rings. The molecule has 3 aromatic carbocycles. The molecule has 0 spiro atoms. The summed E-state index contributed by atoms with van der Waals surface area (Å²) < 4.78 is 5.23. The van der Waals surface area contributed by atoms with Crippen LogP contribution in [0.3, 0.4) is 0 Å². The Balaban J connectivity index is 1.60. The SMILES string of the molecule is COc1cccc(CNCc2ccccc2P(c2ccccc2)c2ccccc2)n1. The molecule has 0 bridgehead atoms. The van der Waals surface area contributed by atoms with Crippen LogP contribution in [0, 0.1) is 0 Å². The predicted molar refractivity (Wildman–Crippen MR) is 126 cm³/mol. The molecule has 0 aliphatic carbocycles. The first-order valence-electron chi connectivity index (χ1n) is 10.0. The number of nitrogens with one attached hydrogen (secondary N) is 1. The minimum absolute atomic E-state index is 0.621. The average Bonchev–Trinajstić information content (AvgIpc) is 2.82. The van der Waals surface area contributed by atoms with Crippen molar-refractivity contribution in [3.63, 3.8) is 0 Å². The molecule has 0 unspecified atom stereocenters. The van der Waals surface area contributed by atoms with E-state index in [9.17, 15) is 0 Å². The number of benzene rings is 3. The van der Waals surface area contributed by atoms with Crippen LogP contribution in [-0.2, 0) is 13.1 Å². The normalized spacial score (nSPS) is 10.9. The van der Waals surface area contributed by atoms with Crippen LogP contribution in [-0.4, -0.2) is 12.1 Å². The summed E-state index contributed by atoms with van der Waals surface area (Å²) in [5, 5.41) is 7.67. The zero-order valence-corrected chi connectivity index (χ0v) is 17.9. The Hall–Kier alpha value is -3.00. The highest BCUT2D eigenvalue weighted by Gasteiger charge is 2.18. The summed E-state index contributed by atoms with van der Waals surface area (Å²) in [7, 11) is 1.02. The van der Waals surface area contributed by atoms with E-state index >= 15 is 0 Å². The fourth-order valence-electron chi connectivity index (χ4n) is 3.45. The Labute approximate surface area is 179 Å². The number of aromatic nitrogens is 1. The van der Waals surface area contributed by atoms with Crippen molar-refractivity contribution in [3.05, 3.63) is 114 Å². The van der Waals surface area contributed by atoms with Gasteiger partial charge < -0.3 is 10.1 Å². The van der Waals surface area contributed by atoms with Crippen molar-refractivity contribution in [1.82, 2.24) is 10.3 Å². The topological polar surface area (TPSA) is 34.1 Å². The number of hydrogen-bond donors (Lipinski definition) is 1. The van der Waals surface area contributed by atoms with Gasteiger partial charge in [-0.3, -0.25) is 0 Å². The van der Waals surface area contributed by atoms with E-state index < -0.39 is 7.92 Å². The van der Waals surface area contributed by atoms with E-state index in [0.717, 1.165) is 12.2 Å². The second-order valence-corrected chi connectivity index (χ2v) is 9.10. The summed E-state index contributed by atoms with van der Waals surface area (Å²) in [4.78, 5) is 4.49. The number of pyridine rings is 1. The number of nitrogens with zero attached hydrogens (tertiary/aromatic N) is 1. The van der Waals surface area contributed by atoms with Gasteiger partial charge in [-0.15, -0.1) is 0 Å². The quantitative estimate of drug-likeness (QED) is 0.442. The molecule has 3 nitrogen and oxygen atoms in total. The predicted octanol–water partition coefficient (Wildman–Crippen LogP) is 4.14. The molecule has 0 aliphatic rings. The highest BCUT2D eigenvalue weighted by molar-refractivity contribution is 7.79. The lowest BCUT2D eigenvalue weighted by Gasteiger charge is -2.22. The number of rotatable bonds is 8. The lowest BCUT2D eigenvalue weighted by Crippen LogP contribution is -2.26. The number of methoxy groups -OCH3 is 1. The van der Waals surface area contributed by atoms with Gasteiger partial charge in [0.2, 0.25) is 5.88 Å². The highest BCUT2D eigenvalue weighted by Crippen LogP contribution is 2.33. The first-order chi connectivity index (χ1) is 14.8. The lowest BCUT2D eigenvalue weighted by atomic mass is 10.2. The monoisotopic (exact) mass is 412 g/mol. The first kappa shape index (κ1) is 20.3. The van der Waals surface area contributed by atoms with E-state index in [1.54, 1.807) is 7.11 Å². The molecule has 0 radical (unpaired) electrons. The van der Waals surface area contributed by atoms with Crippen LogP contribution in [0.25, 0.3) is 0 Å². The molecular weight excluding hydrogens is 387 g/mol. The van der Waals surface area contributed by atoms with E-state index in [1.165, 1.54) is 21.5 Å². The molecule has 0 saturated heterocycles. The molecule has 30 heavy (non-hydrogen) atoms. The van der Waals surface area contributed by atoms with Gasteiger partial charge in [0.05, 0.1) is 12.8 Å². The van der Waals surface area contributed by atoms with Gasteiger partial charge in [0.15, 0.2) is 0 Å². The van der Waals surface area contributed by atoms with Crippen LogP contribution in [0.5, 0.6) is 5.88 Å². The molecule has 1 N–H and O–H groups in total. The summed E-state index contributed by atoms with van der Waals surface area (Å²) in [6.07, 6.45) is 0. The van der Waals surface area contributed by atoms with Gasteiger partial charge in [-0.25, -0.2) is 4.98 Å². The van der Waals surface area contributed by atoms with Crippen LogP contribution < -0.4 is 26.0 Å². The molecule has 0 aliphatic heterocycles. The molecule has 0 atom stereocenters. The van der Waals surface area contributed by atoms with Gasteiger partial charge in [0.25, 0.3) is 0 Å². The third kappa shape index (κ3) is 4.94. The third-order valence-corrected chi connectivity index (χ3v) is 7.42. The Morgan fingerprint density at radius 2 is 1.33 bits per heavy atom. The average molecular weight is 412 g/mol. The van der Waals surface area contributed by atoms with Gasteiger partial charge >= 0.3 is 0 Å².